The Labute approximate surface area is 388 Å². The first-order valence-electron chi connectivity index (χ1n) is 22.2. The third-order valence-corrected chi connectivity index (χ3v) is 12.8. The molecule has 0 aliphatic rings. The van der Waals surface area contributed by atoms with Gasteiger partial charge in [0.1, 0.15) is 0 Å². The zero-order chi connectivity index (χ0) is 45.9. The fourth-order valence-electron chi connectivity index (χ4n) is 9.67. The molecule has 0 fully saturated rings. The van der Waals surface area contributed by atoms with Crippen LogP contribution < -0.4 is 0 Å². The lowest BCUT2D eigenvalue weighted by Gasteiger charge is -2.22. The number of rotatable bonds is 7. The second-order valence-electron chi connectivity index (χ2n) is 16.8. The van der Waals surface area contributed by atoms with Crippen LogP contribution in [0.4, 0.5) is 13.2 Å². The summed E-state index contributed by atoms with van der Waals surface area (Å²) in [7, 11) is 0. The molecular weight excluding hydrogens is 848 g/mol. The van der Waals surface area contributed by atoms with E-state index in [1.54, 1.807) is 28.8 Å². The van der Waals surface area contributed by atoms with Crippen LogP contribution in [0.15, 0.2) is 218 Å². The molecule has 0 saturated heterocycles. The van der Waals surface area contributed by atoms with Crippen molar-refractivity contribution in [3.8, 4) is 73.6 Å². The van der Waals surface area contributed by atoms with Crippen LogP contribution in [0.1, 0.15) is 11.1 Å². The van der Waals surface area contributed by atoms with Crippen LogP contribution in [-0.4, -0.2) is 19.1 Å². The summed E-state index contributed by atoms with van der Waals surface area (Å²) in [4.78, 5) is 10.1. The molecule has 0 amide bonds. The number of aromatic nitrogens is 4. The third-order valence-electron chi connectivity index (χ3n) is 12.8. The Balaban J connectivity index is 1.14. The minimum absolute atomic E-state index is 0.0451. The predicted octanol–water partition coefficient (Wildman–Crippen LogP) is 15.9. The van der Waals surface area contributed by atoms with Crippen molar-refractivity contribution in [1.29, 1.82) is 5.26 Å². The highest BCUT2D eigenvalue weighted by Gasteiger charge is 2.37. The van der Waals surface area contributed by atoms with Crippen molar-refractivity contribution in [1.82, 2.24) is 19.1 Å². The van der Waals surface area contributed by atoms with E-state index in [0.29, 0.717) is 44.6 Å². The number of benzene rings is 8. The Morgan fingerprint density at radius 1 is 0.368 bits per heavy atom. The number of halogens is 3. The Hall–Kier alpha value is -9.06. The van der Waals surface area contributed by atoms with E-state index in [1.807, 2.05) is 193 Å². The number of para-hydroxylation sites is 2. The van der Waals surface area contributed by atoms with Crippen LogP contribution in [0.5, 0.6) is 0 Å². The third kappa shape index (κ3) is 6.88. The summed E-state index contributed by atoms with van der Waals surface area (Å²) in [5, 5.41) is 13.5. The highest BCUT2D eigenvalue weighted by atomic mass is 19.4. The van der Waals surface area contributed by atoms with Crippen LogP contribution in [0.2, 0.25) is 0 Å². The van der Waals surface area contributed by atoms with Gasteiger partial charge in [-0.1, -0.05) is 146 Å². The fraction of sp³-hybridized carbons (Fsp3) is 0.0167. The van der Waals surface area contributed by atoms with E-state index in [0.717, 1.165) is 66.4 Å². The quantitative estimate of drug-likeness (QED) is 0.160. The van der Waals surface area contributed by atoms with Gasteiger partial charge >= 0.3 is 6.18 Å². The summed E-state index contributed by atoms with van der Waals surface area (Å²) in [6.07, 6.45) is -4.80. The van der Waals surface area contributed by atoms with Gasteiger partial charge in [-0.15, -0.1) is 0 Å². The molecular formula is C60H36F3N5. The van der Waals surface area contributed by atoms with Gasteiger partial charge in [0.2, 0.25) is 0 Å². The molecule has 12 aromatic rings. The van der Waals surface area contributed by atoms with Crippen molar-refractivity contribution in [3.05, 3.63) is 230 Å². The maximum absolute atomic E-state index is 16.3. The number of hydrogen-bond donors (Lipinski definition) is 0. The molecule has 0 N–H and O–H groups in total. The van der Waals surface area contributed by atoms with Crippen LogP contribution >= 0.6 is 0 Å². The second-order valence-corrected chi connectivity index (χ2v) is 16.8. The topological polar surface area (TPSA) is 59.4 Å². The lowest BCUT2D eigenvalue weighted by atomic mass is 9.97. The van der Waals surface area contributed by atoms with Gasteiger partial charge in [0.15, 0.2) is 0 Å². The van der Waals surface area contributed by atoms with Gasteiger partial charge < -0.3 is 9.13 Å². The molecule has 322 valence electrons. The molecule has 0 bridgehead atoms. The molecule has 4 heterocycles. The van der Waals surface area contributed by atoms with E-state index in [4.69, 9.17) is 9.97 Å². The average Bonchev–Trinajstić information content (AvgIpc) is 3.90. The van der Waals surface area contributed by atoms with Crippen LogP contribution in [0.25, 0.3) is 111 Å². The summed E-state index contributed by atoms with van der Waals surface area (Å²) in [5.41, 5.74) is 10.1. The summed E-state index contributed by atoms with van der Waals surface area (Å²) in [6, 6.07) is 71.0. The number of pyridine rings is 2. The Morgan fingerprint density at radius 3 is 1.32 bits per heavy atom. The van der Waals surface area contributed by atoms with Gasteiger partial charge in [-0.05, 0) is 78.4 Å². The Morgan fingerprint density at radius 2 is 0.809 bits per heavy atom. The van der Waals surface area contributed by atoms with Crippen LogP contribution in [0.3, 0.4) is 0 Å². The summed E-state index contributed by atoms with van der Waals surface area (Å²) >= 11 is 0. The van der Waals surface area contributed by atoms with Gasteiger partial charge in [-0.2, -0.15) is 18.4 Å². The van der Waals surface area contributed by atoms with Crippen molar-refractivity contribution in [2.24, 2.45) is 0 Å². The molecule has 0 unspecified atom stereocenters. The molecule has 0 saturated carbocycles. The molecule has 8 aromatic carbocycles. The standard InChI is InChI=1S/C60H36F3N5/c61-60(62,63)49-36-58(67-54-26-9-7-20-44(54)46-30-28-42(33-56(46)67)52-24-12-22-50(65-52)39-15-3-1-4-16-39)48(41-19-11-14-38(32-41)37-64)35-59(49)68-55-27-10-8-21-45(55)47-31-29-43(34-57(47)68)53-25-13-23-51(66-53)40-17-5-2-6-18-40/h1-36H. The molecule has 0 atom stereocenters. The minimum Gasteiger partial charge on any atom is -0.309 e. The highest BCUT2D eigenvalue weighted by molar-refractivity contribution is 6.12. The number of fused-ring (bicyclic) bond motifs is 6. The zero-order valence-electron chi connectivity index (χ0n) is 36.2. The first kappa shape index (κ1) is 40.4. The van der Waals surface area contributed by atoms with Crippen LogP contribution in [-0.2, 0) is 6.18 Å². The average molecular weight is 884 g/mol. The van der Waals surface area contributed by atoms with E-state index < -0.39 is 11.7 Å². The van der Waals surface area contributed by atoms with Crippen molar-refractivity contribution in [2.45, 2.75) is 6.18 Å². The maximum atomic E-state index is 16.3. The maximum Gasteiger partial charge on any atom is 0.418 e. The van der Waals surface area contributed by atoms with Gasteiger partial charge in [0.25, 0.3) is 0 Å². The Bertz CT molecular complexity index is 3970. The van der Waals surface area contributed by atoms with Gasteiger partial charge in [0.05, 0.1) is 73.4 Å². The fourth-order valence-corrected chi connectivity index (χ4v) is 9.67. The molecule has 12 rings (SSSR count). The lowest BCUT2D eigenvalue weighted by molar-refractivity contribution is -0.137. The molecule has 5 nitrogen and oxygen atoms in total. The first-order chi connectivity index (χ1) is 33.3. The molecule has 68 heavy (non-hydrogen) atoms. The SMILES string of the molecule is N#Cc1cccc(-c2cc(-n3c4ccccc4c4ccc(-c5cccc(-c6ccccc6)n5)cc43)c(C(F)(F)F)cc2-n2c3ccccc3c3ccc(-c4cccc(-c5ccccc5)n4)cc32)c1. The predicted molar refractivity (Wildman–Crippen MR) is 268 cm³/mol. The summed E-state index contributed by atoms with van der Waals surface area (Å²) < 4.78 is 52.5. The van der Waals surface area contributed by atoms with Crippen LogP contribution in [0, 0.1) is 11.3 Å². The summed E-state index contributed by atoms with van der Waals surface area (Å²) in [5.74, 6) is 0. The minimum atomic E-state index is -4.80. The van der Waals surface area contributed by atoms with E-state index in [9.17, 15) is 5.26 Å². The molecule has 0 spiro atoms. The molecule has 0 aliphatic heterocycles. The second kappa shape index (κ2) is 16.1. The van der Waals surface area contributed by atoms with E-state index in [-0.39, 0.29) is 5.69 Å². The van der Waals surface area contributed by atoms with Crippen molar-refractivity contribution in [2.75, 3.05) is 0 Å². The van der Waals surface area contributed by atoms with E-state index in [1.165, 1.54) is 6.07 Å². The number of nitriles is 1. The number of alkyl halides is 3. The Kier molecular flexibility index (Phi) is 9.59. The van der Waals surface area contributed by atoms with Gasteiger partial charge in [-0.3, -0.25) is 0 Å². The highest BCUT2D eigenvalue weighted by Crippen LogP contribution is 2.46. The molecule has 0 radical (unpaired) electrons. The normalized spacial score (nSPS) is 11.7. The zero-order valence-corrected chi connectivity index (χ0v) is 36.2. The van der Waals surface area contributed by atoms with Gasteiger partial charge in [0, 0.05) is 49.4 Å². The van der Waals surface area contributed by atoms with E-state index >= 15 is 13.2 Å². The first-order valence-corrected chi connectivity index (χ1v) is 22.2. The van der Waals surface area contributed by atoms with Gasteiger partial charge in [-0.25, -0.2) is 9.97 Å². The van der Waals surface area contributed by atoms with Crippen molar-refractivity contribution in [3.63, 3.8) is 0 Å². The molecule has 4 aromatic heterocycles. The number of hydrogen-bond acceptors (Lipinski definition) is 3. The van der Waals surface area contributed by atoms with Crippen molar-refractivity contribution < 1.29 is 13.2 Å². The summed E-state index contributed by atoms with van der Waals surface area (Å²) in [6.45, 7) is 0. The van der Waals surface area contributed by atoms with Crippen molar-refractivity contribution >= 4 is 43.6 Å². The smallest absolute Gasteiger partial charge is 0.309 e. The lowest BCUT2D eigenvalue weighted by Crippen LogP contribution is -2.13. The molecule has 0 aliphatic carbocycles. The van der Waals surface area contributed by atoms with E-state index in [2.05, 4.69) is 6.07 Å². The molecule has 8 heteroatoms. The number of nitrogens with zero attached hydrogens (tertiary/aromatic N) is 5. The monoisotopic (exact) mass is 883 g/mol. The largest absolute Gasteiger partial charge is 0.418 e.